The molecular formula is C19H19N3O3S. The van der Waals surface area contributed by atoms with Gasteiger partial charge in [0.05, 0.1) is 19.3 Å². The van der Waals surface area contributed by atoms with E-state index in [0.29, 0.717) is 22.7 Å². The topological polar surface area (TPSA) is 93.8 Å². The number of methoxy groups -OCH3 is 1. The molecule has 3 N–H and O–H groups in total. The fraction of sp³-hybridized carbons (Fsp3) is 0.105. The fourth-order valence-corrected chi connectivity index (χ4v) is 3.10. The van der Waals surface area contributed by atoms with Crippen molar-refractivity contribution in [2.45, 2.75) is 6.54 Å². The van der Waals surface area contributed by atoms with Crippen LogP contribution in [-0.2, 0) is 16.1 Å². The van der Waals surface area contributed by atoms with Crippen molar-refractivity contribution < 1.29 is 14.3 Å². The smallest absolute Gasteiger partial charge is 0.350 e. The second kappa shape index (κ2) is 9.33. The van der Waals surface area contributed by atoms with Gasteiger partial charge in [-0.15, -0.1) is 11.3 Å². The zero-order valence-electron chi connectivity index (χ0n) is 14.3. The number of nitrogens with one attached hydrogen (secondary N) is 1. The number of carbonyl (C=O) groups is 2. The van der Waals surface area contributed by atoms with Gasteiger partial charge in [-0.2, -0.15) is 0 Å². The molecule has 0 radical (unpaired) electrons. The third-order valence-electron chi connectivity index (χ3n) is 3.36. The van der Waals surface area contributed by atoms with Crippen LogP contribution in [0.3, 0.4) is 0 Å². The predicted molar refractivity (Wildman–Crippen MR) is 105 cm³/mol. The molecule has 1 heterocycles. The summed E-state index contributed by atoms with van der Waals surface area (Å²) in [6.07, 6.45) is 4.17. The largest absolute Gasteiger partial charge is 0.465 e. The first-order valence-electron chi connectivity index (χ1n) is 7.70. The second-order valence-electron chi connectivity index (χ2n) is 5.12. The Kier molecular flexibility index (Phi) is 6.87. The molecular weight excluding hydrogens is 350 g/mol. The standard InChI is InChI=1S/C19H19N3O3S/c1-3-17(23)22-15-9-16(26-18(15)19(24)25-2)14(10-20)12-21-11-13-7-5-4-6-8-13/h3-10,12H,1,11,20H2,2H3,(H,22,23). The zero-order chi connectivity index (χ0) is 18.9. The lowest BCUT2D eigenvalue weighted by Gasteiger charge is -2.01. The van der Waals surface area contributed by atoms with E-state index in [1.165, 1.54) is 13.3 Å². The molecule has 2 rings (SSSR count). The number of esters is 1. The monoisotopic (exact) mass is 369 g/mol. The van der Waals surface area contributed by atoms with Crippen LogP contribution in [0, 0.1) is 0 Å². The van der Waals surface area contributed by atoms with E-state index in [1.54, 1.807) is 12.3 Å². The number of aliphatic imine (C=N–C) groups is 1. The zero-order valence-corrected chi connectivity index (χ0v) is 15.1. The summed E-state index contributed by atoms with van der Waals surface area (Å²) >= 11 is 1.16. The molecule has 1 amide bonds. The van der Waals surface area contributed by atoms with Crippen LogP contribution >= 0.6 is 11.3 Å². The maximum absolute atomic E-state index is 12.0. The quantitative estimate of drug-likeness (QED) is 0.445. The number of hydrogen-bond donors (Lipinski definition) is 2. The highest BCUT2D eigenvalue weighted by molar-refractivity contribution is 7.16. The number of hydrogen-bond acceptors (Lipinski definition) is 6. The molecule has 0 aliphatic carbocycles. The van der Waals surface area contributed by atoms with Gasteiger partial charge in [0.1, 0.15) is 4.88 Å². The minimum Gasteiger partial charge on any atom is -0.465 e. The van der Waals surface area contributed by atoms with Crippen molar-refractivity contribution in [3.05, 3.63) is 70.6 Å². The van der Waals surface area contributed by atoms with Gasteiger partial charge in [-0.25, -0.2) is 4.79 Å². The van der Waals surface area contributed by atoms with Crippen LogP contribution in [-0.4, -0.2) is 25.2 Å². The summed E-state index contributed by atoms with van der Waals surface area (Å²) in [5.41, 5.74) is 7.76. The first-order valence-corrected chi connectivity index (χ1v) is 8.52. The van der Waals surface area contributed by atoms with Crippen LogP contribution in [0.15, 0.2) is 60.2 Å². The number of carbonyl (C=O) groups excluding carboxylic acids is 2. The first-order chi connectivity index (χ1) is 12.6. The number of amides is 1. The van der Waals surface area contributed by atoms with Gasteiger partial charge < -0.3 is 15.8 Å². The van der Waals surface area contributed by atoms with E-state index in [9.17, 15) is 9.59 Å². The summed E-state index contributed by atoms with van der Waals surface area (Å²) < 4.78 is 4.77. The molecule has 2 aromatic rings. The Morgan fingerprint density at radius 1 is 1.35 bits per heavy atom. The third-order valence-corrected chi connectivity index (χ3v) is 4.52. The van der Waals surface area contributed by atoms with Crippen molar-refractivity contribution >= 4 is 40.7 Å². The van der Waals surface area contributed by atoms with Gasteiger partial charge in [-0.05, 0) is 17.7 Å². The summed E-state index contributed by atoms with van der Waals surface area (Å²) in [6, 6.07) is 11.4. The molecule has 6 nitrogen and oxygen atoms in total. The van der Waals surface area contributed by atoms with Crippen LogP contribution in [0.4, 0.5) is 5.69 Å². The molecule has 0 fully saturated rings. The van der Waals surface area contributed by atoms with Gasteiger partial charge in [0.15, 0.2) is 0 Å². The van der Waals surface area contributed by atoms with Gasteiger partial charge in [0.25, 0.3) is 0 Å². The number of nitrogens with two attached hydrogens (primary N) is 1. The summed E-state index contributed by atoms with van der Waals surface area (Å²) in [7, 11) is 1.28. The Morgan fingerprint density at radius 2 is 2.08 bits per heavy atom. The molecule has 7 heteroatoms. The predicted octanol–water partition coefficient (Wildman–Crippen LogP) is 3.23. The molecule has 0 saturated carbocycles. The minimum absolute atomic E-state index is 0.272. The molecule has 0 atom stereocenters. The van der Waals surface area contributed by atoms with E-state index in [2.05, 4.69) is 16.9 Å². The molecule has 0 spiro atoms. The summed E-state index contributed by atoms with van der Waals surface area (Å²) in [4.78, 5) is 28.9. The highest BCUT2D eigenvalue weighted by Gasteiger charge is 2.19. The van der Waals surface area contributed by atoms with Crippen LogP contribution in [0.5, 0.6) is 0 Å². The minimum atomic E-state index is -0.543. The van der Waals surface area contributed by atoms with Gasteiger partial charge >= 0.3 is 5.97 Å². The van der Waals surface area contributed by atoms with Crippen molar-refractivity contribution in [1.82, 2.24) is 0 Å². The van der Waals surface area contributed by atoms with E-state index in [-0.39, 0.29) is 4.88 Å². The lowest BCUT2D eigenvalue weighted by molar-refractivity contribution is -0.111. The number of benzene rings is 1. The van der Waals surface area contributed by atoms with Crippen molar-refractivity contribution in [1.29, 1.82) is 0 Å². The number of anilines is 1. The Balaban J connectivity index is 2.25. The molecule has 0 unspecified atom stereocenters. The number of thiophene rings is 1. The van der Waals surface area contributed by atoms with Crippen molar-refractivity contribution in [3.63, 3.8) is 0 Å². The average molecular weight is 369 g/mol. The van der Waals surface area contributed by atoms with Crippen LogP contribution in [0.1, 0.15) is 20.1 Å². The van der Waals surface area contributed by atoms with Crippen molar-refractivity contribution in [2.75, 3.05) is 12.4 Å². The molecule has 1 aromatic carbocycles. The van der Waals surface area contributed by atoms with Gasteiger partial charge in [-0.3, -0.25) is 9.79 Å². The number of rotatable bonds is 7. The molecule has 0 bridgehead atoms. The molecule has 26 heavy (non-hydrogen) atoms. The lowest BCUT2D eigenvalue weighted by Crippen LogP contribution is -2.10. The van der Waals surface area contributed by atoms with Crippen molar-refractivity contribution in [3.8, 4) is 0 Å². The number of ether oxygens (including phenoxy) is 1. The van der Waals surface area contributed by atoms with Crippen LogP contribution in [0.25, 0.3) is 5.57 Å². The van der Waals surface area contributed by atoms with Crippen LogP contribution < -0.4 is 11.1 Å². The SMILES string of the molecule is C=CC(=O)Nc1cc(C(C=NCc2ccccc2)=CN)sc1C(=O)OC. The number of allylic oxidation sites excluding steroid dienone is 1. The lowest BCUT2D eigenvalue weighted by atomic mass is 10.2. The van der Waals surface area contributed by atoms with Crippen molar-refractivity contribution in [2.24, 2.45) is 10.7 Å². The Hall–Kier alpha value is -3.19. The maximum Gasteiger partial charge on any atom is 0.350 e. The maximum atomic E-state index is 12.0. The molecule has 0 aliphatic rings. The van der Waals surface area contributed by atoms with E-state index < -0.39 is 11.9 Å². The average Bonchev–Trinajstić information content (AvgIpc) is 3.08. The highest BCUT2D eigenvalue weighted by Crippen LogP contribution is 2.32. The Morgan fingerprint density at radius 3 is 2.69 bits per heavy atom. The summed E-state index contributed by atoms with van der Waals surface area (Å²) in [5.74, 6) is -0.964. The number of nitrogens with zero attached hydrogens (tertiary/aromatic N) is 1. The summed E-state index contributed by atoms with van der Waals surface area (Å²) in [5, 5.41) is 2.60. The highest BCUT2D eigenvalue weighted by atomic mass is 32.1. The third kappa shape index (κ3) is 4.90. The Labute approximate surface area is 155 Å². The van der Waals surface area contributed by atoms with Gasteiger partial charge in [-0.1, -0.05) is 36.9 Å². The normalized spacial score (nSPS) is 11.3. The van der Waals surface area contributed by atoms with E-state index in [4.69, 9.17) is 10.5 Å². The molecule has 0 aliphatic heterocycles. The van der Waals surface area contributed by atoms with Gasteiger partial charge in [0.2, 0.25) is 5.91 Å². The van der Waals surface area contributed by atoms with Crippen LogP contribution in [0.2, 0.25) is 0 Å². The molecule has 1 aromatic heterocycles. The van der Waals surface area contributed by atoms with E-state index in [1.807, 2.05) is 30.3 Å². The summed E-state index contributed by atoms with van der Waals surface area (Å²) in [6.45, 7) is 3.91. The Bertz CT molecular complexity index is 854. The second-order valence-corrected chi connectivity index (χ2v) is 6.17. The van der Waals surface area contributed by atoms with Gasteiger partial charge in [0, 0.05) is 22.9 Å². The van der Waals surface area contributed by atoms with E-state index >= 15 is 0 Å². The van der Waals surface area contributed by atoms with E-state index in [0.717, 1.165) is 23.0 Å². The fourth-order valence-electron chi connectivity index (χ4n) is 2.08. The molecule has 0 saturated heterocycles. The molecule has 134 valence electrons. The first kappa shape index (κ1) is 19.1.